The van der Waals surface area contributed by atoms with Crippen LogP contribution in [-0.2, 0) is 11.2 Å². The van der Waals surface area contributed by atoms with Gasteiger partial charge in [0.2, 0.25) is 0 Å². The maximum atomic E-state index is 13.6. The summed E-state index contributed by atoms with van der Waals surface area (Å²) in [6, 6.07) is 7.29. The molecule has 1 saturated heterocycles. The van der Waals surface area contributed by atoms with Gasteiger partial charge in [0.05, 0.1) is 5.57 Å². The SMILES string of the molecule is Cc1cc(C(=O)/C=C(\c2cc(Cl)cc(Cl)c2)C(F)(F)F)ccc1C(=O)N[C@H]1C[S@@+]([O-])C1. The first kappa shape index (κ1) is 23.7. The van der Waals surface area contributed by atoms with E-state index in [0.29, 0.717) is 23.1 Å². The molecular formula is C21H16Cl2F3NO3S. The van der Waals surface area contributed by atoms with Crippen molar-refractivity contribution >= 4 is 51.6 Å². The van der Waals surface area contributed by atoms with Gasteiger partial charge in [-0.3, -0.25) is 9.59 Å². The van der Waals surface area contributed by atoms with Gasteiger partial charge in [-0.1, -0.05) is 29.3 Å². The number of nitrogens with one attached hydrogen (secondary N) is 1. The van der Waals surface area contributed by atoms with E-state index in [2.05, 4.69) is 5.32 Å². The summed E-state index contributed by atoms with van der Waals surface area (Å²) in [7, 11) is 0. The van der Waals surface area contributed by atoms with Crippen molar-refractivity contribution < 1.29 is 27.3 Å². The highest BCUT2D eigenvalue weighted by Gasteiger charge is 2.36. The Bertz CT molecular complexity index is 1050. The highest BCUT2D eigenvalue weighted by Crippen LogP contribution is 2.36. The lowest BCUT2D eigenvalue weighted by atomic mass is 9.98. The van der Waals surface area contributed by atoms with E-state index in [9.17, 15) is 27.3 Å². The quantitative estimate of drug-likeness (QED) is 0.365. The summed E-state index contributed by atoms with van der Waals surface area (Å²) in [5.41, 5.74) is -0.801. The average Bonchev–Trinajstić information content (AvgIpc) is 2.62. The Labute approximate surface area is 189 Å². The summed E-state index contributed by atoms with van der Waals surface area (Å²) < 4.78 is 51.9. The first-order valence-electron chi connectivity index (χ1n) is 9.00. The number of hydrogen-bond donors (Lipinski definition) is 1. The number of rotatable bonds is 5. The number of alkyl halides is 3. The number of aryl methyl sites for hydroxylation is 1. The van der Waals surface area contributed by atoms with Gasteiger partial charge in [-0.05, 0) is 65.6 Å². The number of benzene rings is 2. The Morgan fingerprint density at radius 3 is 2.23 bits per heavy atom. The molecule has 0 atom stereocenters. The summed E-state index contributed by atoms with van der Waals surface area (Å²) in [4.78, 5) is 24.9. The number of hydrogen-bond acceptors (Lipinski definition) is 3. The predicted molar refractivity (Wildman–Crippen MR) is 115 cm³/mol. The lowest BCUT2D eigenvalue weighted by molar-refractivity contribution is -0.0689. The molecule has 0 spiro atoms. The molecule has 0 aliphatic carbocycles. The summed E-state index contributed by atoms with van der Waals surface area (Å²) >= 11 is 10.7. The van der Waals surface area contributed by atoms with Gasteiger partial charge in [-0.25, -0.2) is 0 Å². The summed E-state index contributed by atoms with van der Waals surface area (Å²) in [6.07, 6.45) is -4.33. The minimum atomic E-state index is -4.82. The fourth-order valence-corrected chi connectivity index (χ4v) is 4.56. The van der Waals surface area contributed by atoms with Gasteiger partial charge in [-0.2, -0.15) is 13.2 Å². The van der Waals surface area contributed by atoms with Gasteiger partial charge in [0.25, 0.3) is 5.91 Å². The van der Waals surface area contributed by atoms with Gasteiger partial charge in [0.1, 0.15) is 17.5 Å². The summed E-state index contributed by atoms with van der Waals surface area (Å²) in [5.74, 6) is -0.495. The maximum absolute atomic E-state index is 13.6. The first-order valence-corrected chi connectivity index (χ1v) is 11.2. The third-order valence-corrected chi connectivity index (χ3v) is 6.60. The van der Waals surface area contributed by atoms with Crippen LogP contribution in [0.25, 0.3) is 5.57 Å². The molecule has 1 amide bonds. The second kappa shape index (κ2) is 9.24. The Kier molecular flexibility index (Phi) is 7.05. The Morgan fingerprint density at radius 2 is 1.71 bits per heavy atom. The highest BCUT2D eigenvalue weighted by molar-refractivity contribution is 7.92. The van der Waals surface area contributed by atoms with Crippen LogP contribution in [-0.4, -0.2) is 40.0 Å². The molecule has 164 valence electrons. The molecule has 4 nitrogen and oxygen atoms in total. The second-order valence-electron chi connectivity index (χ2n) is 7.05. The number of halogens is 5. The molecule has 1 fully saturated rings. The van der Waals surface area contributed by atoms with Crippen molar-refractivity contribution in [1.29, 1.82) is 0 Å². The normalized spacial score (nSPS) is 19.0. The monoisotopic (exact) mass is 489 g/mol. The topological polar surface area (TPSA) is 69.2 Å². The lowest BCUT2D eigenvalue weighted by Crippen LogP contribution is -2.53. The molecule has 2 aromatic carbocycles. The molecule has 1 aliphatic heterocycles. The summed E-state index contributed by atoms with van der Waals surface area (Å²) in [5, 5.41) is 2.75. The van der Waals surface area contributed by atoms with E-state index in [0.717, 1.165) is 12.1 Å². The zero-order chi connectivity index (χ0) is 22.9. The van der Waals surface area contributed by atoms with Crippen molar-refractivity contribution in [3.05, 3.63) is 74.8 Å². The van der Waals surface area contributed by atoms with E-state index < -0.39 is 34.6 Å². The molecule has 2 aromatic rings. The fourth-order valence-electron chi connectivity index (χ4n) is 3.07. The molecule has 10 heteroatoms. The number of allylic oxidation sites excluding steroid dienone is 2. The van der Waals surface area contributed by atoms with E-state index >= 15 is 0 Å². The highest BCUT2D eigenvalue weighted by atomic mass is 35.5. The molecule has 0 bridgehead atoms. The molecule has 1 N–H and O–H groups in total. The van der Waals surface area contributed by atoms with Gasteiger partial charge in [0, 0.05) is 21.2 Å². The van der Waals surface area contributed by atoms with Crippen LogP contribution in [0.2, 0.25) is 10.0 Å². The van der Waals surface area contributed by atoms with Crippen molar-refractivity contribution in [2.45, 2.75) is 19.1 Å². The smallest absolute Gasteiger partial charge is 0.417 e. The number of amides is 1. The van der Waals surface area contributed by atoms with Crippen LogP contribution >= 0.6 is 23.2 Å². The molecule has 3 rings (SSSR count). The summed E-state index contributed by atoms with van der Waals surface area (Å²) in [6.45, 7) is 1.58. The van der Waals surface area contributed by atoms with Crippen LogP contribution in [0.3, 0.4) is 0 Å². The van der Waals surface area contributed by atoms with Crippen LogP contribution in [0.1, 0.15) is 31.8 Å². The van der Waals surface area contributed by atoms with Crippen molar-refractivity contribution in [3.63, 3.8) is 0 Å². The van der Waals surface area contributed by atoms with Crippen molar-refractivity contribution in [1.82, 2.24) is 5.32 Å². The van der Waals surface area contributed by atoms with E-state index in [4.69, 9.17) is 23.2 Å². The molecule has 1 heterocycles. The minimum Gasteiger partial charge on any atom is -0.616 e. The van der Waals surface area contributed by atoms with Gasteiger partial charge in [-0.15, -0.1) is 0 Å². The molecule has 0 radical (unpaired) electrons. The third kappa shape index (κ3) is 5.83. The Morgan fingerprint density at radius 1 is 1.10 bits per heavy atom. The van der Waals surface area contributed by atoms with Crippen LogP contribution in [0.5, 0.6) is 0 Å². The molecule has 0 saturated carbocycles. The zero-order valence-electron chi connectivity index (χ0n) is 16.1. The third-order valence-electron chi connectivity index (χ3n) is 4.62. The van der Waals surface area contributed by atoms with Crippen LogP contribution in [0, 0.1) is 6.92 Å². The molecule has 1 aliphatic rings. The van der Waals surface area contributed by atoms with Gasteiger partial charge < -0.3 is 9.87 Å². The van der Waals surface area contributed by atoms with Crippen LogP contribution in [0.4, 0.5) is 13.2 Å². The zero-order valence-corrected chi connectivity index (χ0v) is 18.4. The maximum Gasteiger partial charge on any atom is 0.417 e. The van der Waals surface area contributed by atoms with Crippen molar-refractivity contribution in [2.75, 3.05) is 11.5 Å². The predicted octanol–water partition coefficient (Wildman–Crippen LogP) is 4.99. The molecule has 0 unspecified atom stereocenters. The van der Waals surface area contributed by atoms with Crippen molar-refractivity contribution in [2.24, 2.45) is 0 Å². The van der Waals surface area contributed by atoms with E-state index in [-0.39, 0.29) is 32.8 Å². The largest absolute Gasteiger partial charge is 0.616 e. The fraction of sp³-hybridized carbons (Fsp3) is 0.238. The second-order valence-corrected chi connectivity index (χ2v) is 9.47. The van der Waals surface area contributed by atoms with E-state index in [1.807, 2.05) is 0 Å². The van der Waals surface area contributed by atoms with Gasteiger partial charge in [0.15, 0.2) is 5.78 Å². The van der Waals surface area contributed by atoms with Crippen LogP contribution < -0.4 is 5.32 Å². The van der Waals surface area contributed by atoms with E-state index in [1.165, 1.54) is 24.3 Å². The average molecular weight is 490 g/mol. The molecule has 31 heavy (non-hydrogen) atoms. The Balaban J connectivity index is 1.87. The standard InChI is InChI=1S/C21H16Cl2F3NO3S/c1-11-4-12(2-3-17(11)20(29)27-16-9-31(30)10-16)19(28)8-18(21(24,25)26)13-5-14(22)7-15(23)6-13/h2-8,16H,9-10H2,1H3,(H,27,29)/b18-8+/t16-,31+. The van der Waals surface area contributed by atoms with Gasteiger partial charge >= 0.3 is 6.18 Å². The lowest BCUT2D eigenvalue weighted by Gasteiger charge is -2.29. The van der Waals surface area contributed by atoms with E-state index in [1.54, 1.807) is 6.92 Å². The first-order chi connectivity index (χ1) is 14.4. The number of carbonyl (C=O) groups excluding carboxylic acids is 2. The molecular weight excluding hydrogens is 474 g/mol. The molecule has 0 aromatic heterocycles. The minimum absolute atomic E-state index is 0.00586. The van der Waals surface area contributed by atoms with Crippen molar-refractivity contribution in [3.8, 4) is 0 Å². The van der Waals surface area contributed by atoms with Crippen LogP contribution in [0.15, 0.2) is 42.5 Å². The number of ketones is 1. The number of carbonyl (C=O) groups is 2. The Hall–Kier alpha value is -2.00.